The van der Waals surface area contributed by atoms with Gasteiger partial charge in [0.2, 0.25) is 0 Å². The Bertz CT molecular complexity index is 3330. The molecule has 11 aromatic rings. The van der Waals surface area contributed by atoms with E-state index in [2.05, 4.69) is 212 Å². The molecule has 2 aromatic heterocycles. The van der Waals surface area contributed by atoms with E-state index in [1.54, 1.807) is 0 Å². The normalized spacial score (nSPS) is 11.0. The van der Waals surface area contributed by atoms with E-state index < -0.39 is 0 Å². The van der Waals surface area contributed by atoms with Crippen LogP contribution in [0.25, 0.3) is 112 Å². The van der Waals surface area contributed by atoms with Crippen molar-refractivity contribution in [3.05, 3.63) is 255 Å². The summed E-state index contributed by atoms with van der Waals surface area (Å²) in [5, 5.41) is 0. The third-order valence-corrected chi connectivity index (χ3v) is 11.9. The van der Waals surface area contributed by atoms with E-state index in [9.17, 15) is 0 Å². The fourth-order valence-corrected chi connectivity index (χ4v) is 8.84. The summed E-state index contributed by atoms with van der Waals surface area (Å²) in [4.78, 5) is 21.1. The van der Waals surface area contributed by atoms with E-state index in [0.29, 0.717) is 17.5 Å². The van der Waals surface area contributed by atoms with Gasteiger partial charge in [-0.1, -0.05) is 243 Å². The number of rotatable bonds is 10. The maximum absolute atomic E-state index is 5.64. The van der Waals surface area contributed by atoms with Crippen LogP contribution in [0.5, 0.6) is 0 Å². The molecule has 4 nitrogen and oxygen atoms in total. The lowest BCUT2D eigenvalue weighted by atomic mass is 9.82. The number of benzene rings is 9. The third kappa shape index (κ3) is 8.00. The highest BCUT2D eigenvalue weighted by Gasteiger charge is 2.25. The maximum atomic E-state index is 5.64. The molecule has 0 N–H and O–H groups in total. The number of pyridine rings is 1. The molecular weight excluding hydrogens is 801 g/mol. The van der Waals surface area contributed by atoms with Crippen molar-refractivity contribution in [2.45, 2.75) is 0 Å². The van der Waals surface area contributed by atoms with Gasteiger partial charge in [-0.25, -0.2) is 19.9 Å². The summed E-state index contributed by atoms with van der Waals surface area (Å²) in [6, 6.07) is 88.8. The fraction of sp³-hybridized carbons (Fsp3) is 0. The molecule has 4 heteroatoms. The van der Waals surface area contributed by atoms with Gasteiger partial charge in [0.15, 0.2) is 17.5 Å². The van der Waals surface area contributed by atoms with E-state index in [1.807, 2.05) is 42.5 Å². The van der Waals surface area contributed by atoms with Crippen molar-refractivity contribution >= 4 is 0 Å². The van der Waals surface area contributed by atoms with Crippen LogP contribution >= 0.6 is 0 Å². The minimum Gasteiger partial charge on any atom is -0.246 e. The summed E-state index contributed by atoms with van der Waals surface area (Å²) in [5.74, 6) is 1.84. The minimum absolute atomic E-state index is 0.603. The third-order valence-electron chi connectivity index (χ3n) is 11.9. The molecule has 0 radical (unpaired) electrons. The Morgan fingerprint density at radius 3 is 1.02 bits per heavy atom. The summed E-state index contributed by atoms with van der Waals surface area (Å²) >= 11 is 0. The quantitative estimate of drug-likeness (QED) is 0.138. The predicted molar refractivity (Wildman–Crippen MR) is 272 cm³/mol. The lowest BCUT2D eigenvalue weighted by Crippen LogP contribution is -2.01. The Morgan fingerprint density at radius 1 is 0.182 bits per heavy atom. The molecule has 0 atom stereocenters. The maximum Gasteiger partial charge on any atom is 0.164 e. The molecular formula is C62H42N4. The van der Waals surface area contributed by atoms with Crippen LogP contribution in [0.1, 0.15) is 0 Å². The molecule has 0 fully saturated rings. The molecule has 2 heterocycles. The number of hydrogen-bond donors (Lipinski definition) is 0. The highest BCUT2D eigenvalue weighted by Crippen LogP contribution is 2.49. The molecule has 0 spiro atoms. The van der Waals surface area contributed by atoms with E-state index in [1.165, 1.54) is 0 Å². The van der Waals surface area contributed by atoms with E-state index in [-0.39, 0.29) is 0 Å². The second-order valence-corrected chi connectivity index (χ2v) is 16.1. The molecule has 0 saturated carbocycles. The molecule has 11 rings (SSSR count). The van der Waals surface area contributed by atoms with E-state index >= 15 is 0 Å². The second kappa shape index (κ2) is 18.1. The Hall–Kier alpha value is -8.86. The Labute approximate surface area is 385 Å². The van der Waals surface area contributed by atoms with Crippen molar-refractivity contribution in [1.29, 1.82) is 0 Å². The van der Waals surface area contributed by atoms with Gasteiger partial charge in [0.25, 0.3) is 0 Å². The average Bonchev–Trinajstić information content (AvgIpc) is 3.41. The lowest BCUT2D eigenvalue weighted by Gasteiger charge is -2.23. The first kappa shape index (κ1) is 40.0. The zero-order chi connectivity index (χ0) is 44.1. The zero-order valence-electron chi connectivity index (χ0n) is 36.0. The van der Waals surface area contributed by atoms with Crippen LogP contribution in [0.3, 0.4) is 0 Å². The number of hydrogen-bond acceptors (Lipinski definition) is 4. The van der Waals surface area contributed by atoms with Crippen LogP contribution in [0.2, 0.25) is 0 Å². The Morgan fingerprint density at radius 2 is 0.515 bits per heavy atom. The molecule has 0 aliphatic rings. The van der Waals surface area contributed by atoms with Crippen LogP contribution in [-0.2, 0) is 0 Å². The SMILES string of the molecule is c1ccc(-c2nc(-c3cccc(-c4cccc(-c5c(-c6ccccc6)c(-c6ccccc6)nc(-c6ccccc6)c5-c5ccccc5)c4)c3)nc(-c3ccccc3-c3ccccc3)n2)cc1. The topological polar surface area (TPSA) is 51.6 Å². The lowest BCUT2D eigenvalue weighted by molar-refractivity contribution is 1.07. The first-order valence-corrected chi connectivity index (χ1v) is 22.2. The van der Waals surface area contributed by atoms with Crippen molar-refractivity contribution in [3.8, 4) is 112 Å². The van der Waals surface area contributed by atoms with Gasteiger partial charge in [0, 0.05) is 44.5 Å². The molecule has 0 bridgehead atoms. The van der Waals surface area contributed by atoms with Crippen LogP contribution in [0.4, 0.5) is 0 Å². The summed E-state index contributed by atoms with van der Waals surface area (Å²) < 4.78 is 0. The monoisotopic (exact) mass is 842 g/mol. The molecule has 0 aliphatic carbocycles. The highest BCUT2D eigenvalue weighted by molar-refractivity contribution is 6.05. The first-order valence-electron chi connectivity index (χ1n) is 22.2. The van der Waals surface area contributed by atoms with E-state index in [4.69, 9.17) is 19.9 Å². The van der Waals surface area contributed by atoms with Gasteiger partial charge in [-0.2, -0.15) is 0 Å². The van der Waals surface area contributed by atoms with Crippen LogP contribution < -0.4 is 0 Å². The van der Waals surface area contributed by atoms with Gasteiger partial charge in [0.05, 0.1) is 11.4 Å². The van der Waals surface area contributed by atoms with Gasteiger partial charge in [0.1, 0.15) is 0 Å². The number of nitrogens with zero attached hydrogens (tertiary/aromatic N) is 4. The summed E-state index contributed by atoms with van der Waals surface area (Å²) in [6.07, 6.45) is 0. The van der Waals surface area contributed by atoms with Crippen molar-refractivity contribution in [1.82, 2.24) is 19.9 Å². The highest BCUT2D eigenvalue weighted by atomic mass is 15.0. The van der Waals surface area contributed by atoms with Gasteiger partial charge in [-0.15, -0.1) is 0 Å². The van der Waals surface area contributed by atoms with Crippen molar-refractivity contribution in [2.24, 2.45) is 0 Å². The van der Waals surface area contributed by atoms with Crippen LogP contribution in [-0.4, -0.2) is 19.9 Å². The predicted octanol–water partition coefficient (Wildman–Crippen LogP) is 15.9. The molecule has 66 heavy (non-hydrogen) atoms. The van der Waals surface area contributed by atoms with E-state index in [0.717, 1.165) is 94.8 Å². The van der Waals surface area contributed by atoms with Gasteiger partial charge >= 0.3 is 0 Å². The van der Waals surface area contributed by atoms with Crippen LogP contribution in [0, 0.1) is 0 Å². The summed E-state index contributed by atoms with van der Waals surface area (Å²) in [7, 11) is 0. The summed E-state index contributed by atoms with van der Waals surface area (Å²) in [6.45, 7) is 0. The Kier molecular flexibility index (Phi) is 10.9. The number of aromatic nitrogens is 4. The largest absolute Gasteiger partial charge is 0.246 e. The van der Waals surface area contributed by atoms with Crippen molar-refractivity contribution in [3.63, 3.8) is 0 Å². The molecule has 0 amide bonds. The van der Waals surface area contributed by atoms with Gasteiger partial charge in [-0.3, -0.25) is 0 Å². The molecule has 0 aliphatic heterocycles. The Balaban J connectivity index is 1.12. The standard InChI is InChI=1S/C62H42N4/c1-7-23-43(24-8-1)53-39-19-20-40-54(53)62-65-60(48-33-17-6-18-34-48)64-61(66-62)52-38-22-36-50(42-52)49-35-21-37-51(41-49)55-56(44-25-9-2-10-26-44)58(46-29-13-4-14-30-46)63-59(47-31-15-5-16-32-47)57(55)45-27-11-3-12-28-45/h1-42H. The van der Waals surface area contributed by atoms with Gasteiger partial charge < -0.3 is 0 Å². The van der Waals surface area contributed by atoms with Crippen LogP contribution in [0.15, 0.2) is 255 Å². The second-order valence-electron chi connectivity index (χ2n) is 16.1. The first-order chi connectivity index (χ1) is 32.7. The molecule has 9 aromatic carbocycles. The van der Waals surface area contributed by atoms with Crippen molar-refractivity contribution < 1.29 is 0 Å². The smallest absolute Gasteiger partial charge is 0.164 e. The molecule has 0 unspecified atom stereocenters. The minimum atomic E-state index is 0.603. The zero-order valence-corrected chi connectivity index (χ0v) is 36.0. The molecule has 0 saturated heterocycles. The fourth-order valence-electron chi connectivity index (χ4n) is 8.84. The summed E-state index contributed by atoms with van der Waals surface area (Å²) in [5.41, 5.74) is 17.5. The average molecular weight is 843 g/mol. The van der Waals surface area contributed by atoms with Gasteiger partial charge in [-0.05, 0) is 51.1 Å². The molecule has 310 valence electrons. The van der Waals surface area contributed by atoms with Crippen molar-refractivity contribution in [2.75, 3.05) is 0 Å².